The maximum Gasteiger partial charge on any atom is 0.259 e. The van der Waals surface area contributed by atoms with E-state index in [1.165, 1.54) is 0 Å². The van der Waals surface area contributed by atoms with Crippen LogP contribution >= 0.6 is 12.4 Å². The van der Waals surface area contributed by atoms with Gasteiger partial charge in [0.05, 0.1) is 22.3 Å². The van der Waals surface area contributed by atoms with Crippen LogP contribution in [0.3, 0.4) is 0 Å². The molecule has 0 saturated carbocycles. The summed E-state index contributed by atoms with van der Waals surface area (Å²) in [6, 6.07) is 3.87. The molecular formula is C20H25ClN4O3. The lowest BCUT2D eigenvalue weighted by molar-refractivity contribution is 0.0916. The molecule has 1 aliphatic heterocycles. The van der Waals surface area contributed by atoms with Crippen LogP contribution in [0.2, 0.25) is 0 Å². The highest BCUT2D eigenvalue weighted by Gasteiger charge is 2.26. The molecule has 0 aliphatic carbocycles. The molecule has 1 amide bonds. The SMILES string of the molecule is Cc1cc(-c2cc(C(=O)NC3CCNCC3C)c3c(C)noc3n2)c(C)o1.Cl. The fraction of sp³-hybridized carbons (Fsp3) is 0.450. The van der Waals surface area contributed by atoms with Crippen molar-refractivity contribution in [3.8, 4) is 11.3 Å². The van der Waals surface area contributed by atoms with E-state index >= 15 is 0 Å². The van der Waals surface area contributed by atoms with Gasteiger partial charge in [-0.15, -0.1) is 12.4 Å². The van der Waals surface area contributed by atoms with Crippen LogP contribution in [0.25, 0.3) is 22.4 Å². The van der Waals surface area contributed by atoms with E-state index in [1.54, 1.807) is 0 Å². The summed E-state index contributed by atoms with van der Waals surface area (Å²) >= 11 is 0. The molecule has 2 N–H and O–H groups in total. The minimum absolute atomic E-state index is 0. The zero-order valence-corrected chi connectivity index (χ0v) is 17.3. The highest BCUT2D eigenvalue weighted by atomic mass is 35.5. The molecule has 0 radical (unpaired) electrons. The van der Waals surface area contributed by atoms with E-state index in [4.69, 9.17) is 8.94 Å². The van der Waals surface area contributed by atoms with Crippen molar-refractivity contribution in [3.05, 3.63) is 34.9 Å². The van der Waals surface area contributed by atoms with Crippen LogP contribution in [0, 0.1) is 26.7 Å². The van der Waals surface area contributed by atoms with E-state index in [9.17, 15) is 4.79 Å². The second-order valence-corrected chi connectivity index (χ2v) is 7.38. The molecular weight excluding hydrogens is 380 g/mol. The van der Waals surface area contributed by atoms with Crippen LogP contribution in [0.4, 0.5) is 0 Å². The van der Waals surface area contributed by atoms with Crippen molar-refractivity contribution in [3.63, 3.8) is 0 Å². The number of hydrogen-bond acceptors (Lipinski definition) is 6. The van der Waals surface area contributed by atoms with Gasteiger partial charge in [0.25, 0.3) is 11.6 Å². The van der Waals surface area contributed by atoms with E-state index in [2.05, 4.69) is 27.7 Å². The van der Waals surface area contributed by atoms with Gasteiger partial charge >= 0.3 is 0 Å². The van der Waals surface area contributed by atoms with Gasteiger partial charge in [0, 0.05) is 11.6 Å². The molecule has 7 nitrogen and oxygen atoms in total. The Morgan fingerprint density at radius 1 is 1.29 bits per heavy atom. The van der Waals surface area contributed by atoms with Crippen molar-refractivity contribution in [2.75, 3.05) is 13.1 Å². The second kappa shape index (κ2) is 7.93. The van der Waals surface area contributed by atoms with Crippen molar-refractivity contribution in [2.24, 2.45) is 5.92 Å². The molecule has 1 fully saturated rings. The van der Waals surface area contributed by atoms with Gasteiger partial charge in [-0.05, 0) is 58.3 Å². The number of hydrogen-bond donors (Lipinski definition) is 2. The summed E-state index contributed by atoms with van der Waals surface area (Å²) in [6.45, 7) is 9.56. The van der Waals surface area contributed by atoms with Crippen LogP contribution in [0.1, 0.15) is 40.9 Å². The van der Waals surface area contributed by atoms with Gasteiger partial charge in [0.15, 0.2) is 0 Å². The average molecular weight is 405 g/mol. The van der Waals surface area contributed by atoms with Gasteiger partial charge in [-0.1, -0.05) is 12.1 Å². The lowest BCUT2D eigenvalue weighted by Crippen LogP contribution is -2.48. The molecule has 150 valence electrons. The first kappa shape index (κ1) is 20.4. The molecule has 8 heteroatoms. The molecule has 3 aromatic heterocycles. The molecule has 1 aliphatic rings. The van der Waals surface area contributed by atoms with E-state index in [1.807, 2.05) is 32.9 Å². The normalized spacial score (nSPS) is 19.4. The number of aromatic nitrogens is 2. The molecule has 4 heterocycles. The fourth-order valence-electron chi connectivity index (χ4n) is 3.77. The molecule has 28 heavy (non-hydrogen) atoms. The van der Waals surface area contributed by atoms with Gasteiger partial charge < -0.3 is 19.6 Å². The molecule has 0 spiro atoms. The molecule has 0 aromatic carbocycles. The highest BCUT2D eigenvalue weighted by molar-refractivity contribution is 6.07. The van der Waals surface area contributed by atoms with Gasteiger partial charge in [-0.2, -0.15) is 0 Å². The second-order valence-electron chi connectivity index (χ2n) is 7.38. The van der Waals surface area contributed by atoms with Gasteiger partial charge in [0.1, 0.15) is 11.5 Å². The van der Waals surface area contributed by atoms with Crippen LogP contribution in [-0.4, -0.2) is 35.2 Å². The number of pyridine rings is 1. The smallest absolute Gasteiger partial charge is 0.259 e. The third kappa shape index (κ3) is 3.64. The molecule has 2 unspecified atom stereocenters. The third-order valence-electron chi connectivity index (χ3n) is 5.28. The molecule has 3 aromatic rings. The minimum Gasteiger partial charge on any atom is -0.466 e. The zero-order valence-electron chi connectivity index (χ0n) is 16.5. The summed E-state index contributed by atoms with van der Waals surface area (Å²) in [6.07, 6.45) is 0.913. The van der Waals surface area contributed by atoms with E-state index in [0.717, 1.165) is 36.6 Å². The summed E-state index contributed by atoms with van der Waals surface area (Å²) < 4.78 is 11.0. The van der Waals surface area contributed by atoms with Crippen molar-refractivity contribution in [1.29, 1.82) is 0 Å². The standard InChI is InChI=1S/C20H24N4O3.ClH/c1-10-9-21-6-5-16(10)22-19(25)15-8-17(14-7-11(2)26-13(14)4)23-20-18(15)12(3)24-27-20;/h7-8,10,16,21H,5-6,9H2,1-4H3,(H,22,25);1H. The summed E-state index contributed by atoms with van der Waals surface area (Å²) in [5.74, 6) is 1.81. The Bertz CT molecular complexity index is 1010. The Kier molecular flexibility index (Phi) is 5.76. The van der Waals surface area contributed by atoms with Crippen molar-refractivity contribution in [2.45, 2.75) is 40.2 Å². The Hall–Kier alpha value is -2.38. The summed E-state index contributed by atoms with van der Waals surface area (Å²) in [4.78, 5) is 17.7. The molecule has 2 atom stereocenters. The quantitative estimate of drug-likeness (QED) is 0.693. The Morgan fingerprint density at radius 2 is 2.07 bits per heavy atom. The van der Waals surface area contributed by atoms with Crippen molar-refractivity contribution < 1.29 is 13.7 Å². The number of halogens is 1. The largest absolute Gasteiger partial charge is 0.466 e. The van der Waals surface area contributed by atoms with Gasteiger partial charge in [-0.25, -0.2) is 4.98 Å². The molecule has 4 rings (SSSR count). The number of amides is 1. The number of nitrogens with one attached hydrogen (secondary N) is 2. The van der Waals surface area contributed by atoms with Crippen LogP contribution in [0.15, 0.2) is 21.1 Å². The minimum atomic E-state index is -0.119. The first-order valence-electron chi connectivity index (χ1n) is 9.30. The van der Waals surface area contributed by atoms with E-state index < -0.39 is 0 Å². The fourth-order valence-corrected chi connectivity index (χ4v) is 3.77. The van der Waals surface area contributed by atoms with Crippen molar-refractivity contribution >= 4 is 29.4 Å². The van der Waals surface area contributed by atoms with Crippen LogP contribution in [-0.2, 0) is 0 Å². The van der Waals surface area contributed by atoms with Gasteiger partial charge in [-0.3, -0.25) is 4.79 Å². The zero-order chi connectivity index (χ0) is 19.1. The summed E-state index contributed by atoms with van der Waals surface area (Å²) in [7, 11) is 0. The maximum atomic E-state index is 13.1. The summed E-state index contributed by atoms with van der Waals surface area (Å²) in [5.41, 5.74) is 3.07. The Labute approximate surface area is 169 Å². The number of carbonyl (C=O) groups is 1. The predicted molar refractivity (Wildman–Crippen MR) is 109 cm³/mol. The number of nitrogens with zero attached hydrogens (tertiary/aromatic N) is 2. The van der Waals surface area contributed by atoms with Crippen molar-refractivity contribution in [1.82, 2.24) is 20.8 Å². The Morgan fingerprint density at radius 3 is 2.75 bits per heavy atom. The number of aryl methyl sites for hydroxylation is 3. The van der Waals surface area contributed by atoms with E-state index in [0.29, 0.717) is 34.0 Å². The predicted octanol–water partition coefficient (Wildman–Crippen LogP) is 3.56. The van der Waals surface area contributed by atoms with Crippen LogP contribution < -0.4 is 10.6 Å². The first-order valence-corrected chi connectivity index (χ1v) is 9.30. The van der Waals surface area contributed by atoms with Crippen LogP contribution in [0.5, 0.6) is 0 Å². The highest BCUT2D eigenvalue weighted by Crippen LogP contribution is 2.30. The number of rotatable bonds is 3. The average Bonchev–Trinajstić information content (AvgIpc) is 3.18. The Balaban J connectivity index is 0.00000225. The number of piperidine rings is 1. The third-order valence-corrected chi connectivity index (χ3v) is 5.28. The lowest BCUT2D eigenvalue weighted by atomic mass is 9.94. The number of carbonyl (C=O) groups excluding carboxylic acids is 1. The first-order chi connectivity index (χ1) is 12.9. The lowest BCUT2D eigenvalue weighted by Gasteiger charge is -2.30. The number of furan rings is 1. The molecule has 0 bridgehead atoms. The summed E-state index contributed by atoms with van der Waals surface area (Å²) in [5, 5.41) is 11.2. The topological polar surface area (TPSA) is 93.2 Å². The monoisotopic (exact) mass is 404 g/mol. The van der Waals surface area contributed by atoms with Gasteiger partial charge in [0.2, 0.25) is 0 Å². The number of fused-ring (bicyclic) bond motifs is 1. The maximum absolute atomic E-state index is 13.1. The molecule has 1 saturated heterocycles. The van der Waals surface area contributed by atoms with E-state index in [-0.39, 0.29) is 24.4 Å².